The van der Waals surface area contributed by atoms with E-state index in [-0.39, 0.29) is 12.3 Å². The smallest absolute Gasteiger partial charge is 0.269 e. The minimum absolute atomic E-state index is 0.0458. The lowest BCUT2D eigenvalue weighted by Crippen LogP contribution is -2.04. The Balaban J connectivity index is 1.75. The lowest BCUT2D eigenvalue weighted by atomic mass is 10.0. The standard InChI is InChI=1S/C19H20N4O3/c1-13(2)15-5-4-6-17(11-15)26-12-18-20-21-19(22(18)3)14-7-9-16(10-8-14)23(24)25/h4-11,13H,12H2,1-3H3. The van der Waals surface area contributed by atoms with Crippen LogP contribution in [0.2, 0.25) is 0 Å². The Labute approximate surface area is 151 Å². The van der Waals surface area contributed by atoms with Crippen molar-refractivity contribution in [3.05, 3.63) is 70.0 Å². The van der Waals surface area contributed by atoms with Crippen LogP contribution in [0.1, 0.15) is 31.2 Å². The highest BCUT2D eigenvalue weighted by Crippen LogP contribution is 2.23. The molecule has 0 aliphatic heterocycles. The van der Waals surface area contributed by atoms with Crippen LogP contribution in [0.15, 0.2) is 48.5 Å². The second-order valence-electron chi connectivity index (χ2n) is 6.32. The van der Waals surface area contributed by atoms with Crippen LogP contribution in [0.4, 0.5) is 5.69 Å². The molecule has 0 fully saturated rings. The Morgan fingerprint density at radius 3 is 2.54 bits per heavy atom. The van der Waals surface area contributed by atoms with Gasteiger partial charge in [0.2, 0.25) is 0 Å². The molecule has 1 aromatic heterocycles. The molecule has 0 amide bonds. The minimum atomic E-state index is -0.426. The fourth-order valence-electron chi connectivity index (χ4n) is 2.58. The summed E-state index contributed by atoms with van der Waals surface area (Å²) in [5, 5.41) is 19.1. The van der Waals surface area contributed by atoms with Gasteiger partial charge in [-0.2, -0.15) is 0 Å². The quantitative estimate of drug-likeness (QED) is 0.493. The highest BCUT2D eigenvalue weighted by Gasteiger charge is 2.13. The van der Waals surface area contributed by atoms with E-state index in [1.165, 1.54) is 17.7 Å². The van der Waals surface area contributed by atoms with Gasteiger partial charge in [-0.15, -0.1) is 10.2 Å². The molecule has 3 aromatic rings. The third-order valence-electron chi connectivity index (χ3n) is 4.19. The van der Waals surface area contributed by atoms with Gasteiger partial charge in [0.15, 0.2) is 11.6 Å². The van der Waals surface area contributed by atoms with Crippen LogP contribution in [0.5, 0.6) is 5.75 Å². The molecule has 26 heavy (non-hydrogen) atoms. The molecule has 2 aromatic carbocycles. The Morgan fingerprint density at radius 2 is 1.88 bits per heavy atom. The van der Waals surface area contributed by atoms with Crippen molar-refractivity contribution in [3.63, 3.8) is 0 Å². The summed E-state index contributed by atoms with van der Waals surface area (Å²) in [6.45, 7) is 4.56. The zero-order valence-electron chi connectivity index (χ0n) is 14.9. The molecular formula is C19H20N4O3. The summed E-state index contributed by atoms with van der Waals surface area (Å²) in [6.07, 6.45) is 0. The second-order valence-corrected chi connectivity index (χ2v) is 6.32. The lowest BCUT2D eigenvalue weighted by molar-refractivity contribution is -0.384. The van der Waals surface area contributed by atoms with E-state index in [1.807, 2.05) is 29.8 Å². The molecular weight excluding hydrogens is 332 g/mol. The number of benzene rings is 2. The third kappa shape index (κ3) is 3.72. The third-order valence-corrected chi connectivity index (χ3v) is 4.19. The number of nitro groups is 1. The molecule has 0 radical (unpaired) electrons. The normalized spacial score (nSPS) is 10.9. The maximum Gasteiger partial charge on any atom is 0.269 e. The van der Waals surface area contributed by atoms with Gasteiger partial charge in [0.05, 0.1) is 4.92 Å². The van der Waals surface area contributed by atoms with E-state index in [0.717, 1.165) is 11.3 Å². The van der Waals surface area contributed by atoms with E-state index < -0.39 is 4.92 Å². The second kappa shape index (κ2) is 7.35. The molecule has 7 heteroatoms. The van der Waals surface area contributed by atoms with Crippen LogP contribution in [0.3, 0.4) is 0 Å². The van der Waals surface area contributed by atoms with Crippen molar-refractivity contribution in [2.24, 2.45) is 7.05 Å². The summed E-state index contributed by atoms with van der Waals surface area (Å²) in [6, 6.07) is 14.2. The van der Waals surface area contributed by atoms with Crippen molar-refractivity contribution < 1.29 is 9.66 Å². The van der Waals surface area contributed by atoms with Crippen molar-refractivity contribution in [1.29, 1.82) is 0 Å². The summed E-state index contributed by atoms with van der Waals surface area (Å²) in [5.74, 6) is 2.53. The van der Waals surface area contributed by atoms with E-state index in [0.29, 0.717) is 17.6 Å². The Kier molecular flexibility index (Phi) is 4.97. The van der Waals surface area contributed by atoms with Crippen LogP contribution in [0.25, 0.3) is 11.4 Å². The Morgan fingerprint density at radius 1 is 1.15 bits per heavy atom. The van der Waals surface area contributed by atoms with Gasteiger partial charge in [-0.1, -0.05) is 26.0 Å². The fraction of sp³-hybridized carbons (Fsp3) is 0.263. The molecule has 3 rings (SSSR count). The minimum Gasteiger partial charge on any atom is -0.486 e. The van der Waals surface area contributed by atoms with Crippen molar-refractivity contribution in [2.45, 2.75) is 26.4 Å². The number of aromatic nitrogens is 3. The average molecular weight is 352 g/mol. The number of hydrogen-bond acceptors (Lipinski definition) is 5. The van der Waals surface area contributed by atoms with Gasteiger partial charge in [-0.05, 0) is 35.7 Å². The number of hydrogen-bond donors (Lipinski definition) is 0. The average Bonchev–Trinajstić information content (AvgIpc) is 3.01. The van der Waals surface area contributed by atoms with E-state index >= 15 is 0 Å². The van der Waals surface area contributed by atoms with E-state index in [9.17, 15) is 10.1 Å². The van der Waals surface area contributed by atoms with Crippen LogP contribution in [-0.4, -0.2) is 19.7 Å². The summed E-state index contributed by atoms with van der Waals surface area (Å²) in [7, 11) is 1.85. The first kappa shape index (κ1) is 17.6. The van der Waals surface area contributed by atoms with Crippen LogP contribution < -0.4 is 4.74 Å². The van der Waals surface area contributed by atoms with E-state index in [2.05, 4.69) is 30.1 Å². The van der Waals surface area contributed by atoms with Gasteiger partial charge in [-0.25, -0.2) is 0 Å². The number of nitrogens with zero attached hydrogens (tertiary/aromatic N) is 4. The predicted molar refractivity (Wildman–Crippen MR) is 98.0 cm³/mol. The Bertz CT molecular complexity index is 917. The molecule has 0 bridgehead atoms. The summed E-state index contributed by atoms with van der Waals surface area (Å²) >= 11 is 0. The largest absolute Gasteiger partial charge is 0.486 e. The van der Waals surface area contributed by atoms with Crippen LogP contribution >= 0.6 is 0 Å². The van der Waals surface area contributed by atoms with Gasteiger partial charge in [-0.3, -0.25) is 10.1 Å². The topological polar surface area (TPSA) is 83.1 Å². The number of rotatable bonds is 6. The molecule has 1 heterocycles. The first-order chi connectivity index (χ1) is 12.5. The van der Waals surface area contributed by atoms with E-state index in [4.69, 9.17) is 4.74 Å². The van der Waals surface area contributed by atoms with Crippen molar-refractivity contribution >= 4 is 5.69 Å². The molecule has 0 saturated heterocycles. The molecule has 0 N–H and O–H groups in total. The molecule has 0 spiro atoms. The highest BCUT2D eigenvalue weighted by molar-refractivity contribution is 5.57. The van der Waals surface area contributed by atoms with Crippen LogP contribution in [0, 0.1) is 10.1 Å². The number of non-ortho nitro benzene ring substituents is 1. The Hall–Kier alpha value is -3.22. The molecule has 0 unspecified atom stereocenters. The summed E-state index contributed by atoms with van der Waals surface area (Å²) < 4.78 is 7.68. The molecule has 0 aliphatic rings. The van der Waals surface area contributed by atoms with Crippen molar-refractivity contribution in [1.82, 2.24) is 14.8 Å². The molecule has 7 nitrogen and oxygen atoms in total. The van der Waals surface area contributed by atoms with Gasteiger partial charge in [0.1, 0.15) is 12.4 Å². The van der Waals surface area contributed by atoms with Gasteiger partial charge in [0.25, 0.3) is 5.69 Å². The van der Waals surface area contributed by atoms with Gasteiger partial charge < -0.3 is 9.30 Å². The summed E-state index contributed by atoms with van der Waals surface area (Å²) in [4.78, 5) is 10.3. The highest BCUT2D eigenvalue weighted by atomic mass is 16.6. The maximum absolute atomic E-state index is 10.8. The van der Waals surface area contributed by atoms with Crippen LogP contribution in [-0.2, 0) is 13.7 Å². The molecule has 0 atom stereocenters. The lowest BCUT2D eigenvalue weighted by Gasteiger charge is -2.10. The molecule has 134 valence electrons. The van der Waals surface area contributed by atoms with Gasteiger partial charge in [0, 0.05) is 24.7 Å². The predicted octanol–water partition coefficient (Wildman–Crippen LogP) is 4.09. The van der Waals surface area contributed by atoms with Crippen molar-refractivity contribution in [3.8, 4) is 17.1 Å². The van der Waals surface area contributed by atoms with Crippen molar-refractivity contribution in [2.75, 3.05) is 0 Å². The number of ether oxygens (including phenoxy) is 1. The first-order valence-electron chi connectivity index (χ1n) is 8.31. The maximum atomic E-state index is 10.8. The zero-order valence-corrected chi connectivity index (χ0v) is 14.9. The zero-order chi connectivity index (χ0) is 18.7. The first-order valence-corrected chi connectivity index (χ1v) is 8.31. The van der Waals surface area contributed by atoms with E-state index in [1.54, 1.807) is 12.1 Å². The monoisotopic (exact) mass is 352 g/mol. The molecule has 0 aliphatic carbocycles. The molecule has 0 saturated carbocycles. The fourth-order valence-corrected chi connectivity index (χ4v) is 2.58. The number of nitro benzene ring substituents is 1. The van der Waals surface area contributed by atoms with Gasteiger partial charge >= 0.3 is 0 Å². The SMILES string of the molecule is CC(C)c1cccc(OCc2nnc(-c3ccc([N+](=O)[O-])cc3)n2C)c1. The summed E-state index contributed by atoms with van der Waals surface area (Å²) in [5.41, 5.74) is 2.02.